The minimum atomic E-state index is -2.32. The topological polar surface area (TPSA) is 198 Å². The largest absolute Gasteiger partial charge is 0.438 e. The number of hydrogen-bond acceptors (Lipinski definition) is 12. The van der Waals surface area contributed by atoms with Gasteiger partial charge in [0.15, 0.2) is 0 Å². The second-order valence-electron chi connectivity index (χ2n) is 15.3. The van der Waals surface area contributed by atoms with Crippen molar-refractivity contribution in [2.45, 2.75) is 26.9 Å². The zero-order chi connectivity index (χ0) is 44.0. The second kappa shape index (κ2) is 21.1. The molecule has 0 atom stereocenters. The number of terminal acetylenes is 1. The molecule has 1 aromatic heterocycles. The van der Waals surface area contributed by atoms with Crippen LogP contribution in [0.2, 0.25) is 0 Å². The molecule has 5 rings (SSSR count). The van der Waals surface area contributed by atoms with Crippen LogP contribution in [0.1, 0.15) is 42.3 Å². The van der Waals surface area contributed by atoms with Crippen molar-refractivity contribution in [3.8, 4) is 24.0 Å². The zero-order valence-corrected chi connectivity index (χ0v) is 35.9. The molecule has 0 bridgehead atoms. The monoisotopic (exact) mass is 846 g/mol. The van der Waals surface area contributed by atoms with E-state index in [1.807, 2.05) is 69.3 Å². The van der Waals surface area contributed by atoms with Gasteiger partial charge in [-0.15, -0.1) is 6.42 Å². The molecule has 0 saturated heterocycles. The maximum Gasteiger partial charge on any atom is 0.324 e. The number of amides is 3. The number of fused-ring (bicyclic) bond motifs is 1. The summed E-state index contributed by atoms with van der Waals surface area (Å²) in [6.07, 6.45) is 9.25. The zero-order valence-electron chi connectivity index (χ0n) is 35.0. The third kappa shape index (κ3) is 14.3. The van der Waals surface area contributed by atoms with Gasteiger partial charge in [0, 0.05) is 82.6 Å². The van der Waals surface area contributed by atoms with Crippen LogP contribution in [0.3, 0.4) is 0 Å². The Morgan fingerprint density at radius 2 is 1.67 bits per heavy atom. The average Bonchev–Trinajstić information content (AvgIpc) is 3.20. The molecule has 0 saturated carbocycles. The average molecular weight is 847 g/mol. The number of anilines is 4. The van der Waals surface area contributed by atoms with E-state index < -0.39 is 18.6 Å². The summed E-state index contributed by atoms with van der Waals surface area (Å²) in [4.78, 5) is 45.3. The maximum absolute atomic E-state index is 13.6. The molecule has 1 heterocycles. The van der Waals surface area contributed by atoms with E-state index >= 15 is 0 Å². The Hall–Kier alpha value is -6.56. The summed E-state index contributed by atoms with van der Waals surface area (Å²) in [7, 11) is -0.763. The van der Waals surface area contributed by atoms with Crippen LogP contribution in [0.4, 0.5) is 27.8 Å². The van der Waals surface area contributed by atoms with Crippen LogP contribution in [-0.2, 0) is 25.2 Å². The van der Waals surface area contributed by atoms with E-state index in [0.29, 0.717) is 69.0 Å². The number of allylic oxidation sites excluding steroid dienone is 1. The number of carbonyl (C=O) groups excluding carboxylic acids is 2. The van der Waals surface area contributed by atoms with Crippen LogP contribution in [0, 0.1) is 23.2 Å². The molecule has 16 heteroatoms. The summed E-state index contributed by atoms with van der Waals surface area (Å²) in [6, 6.07) is 24.3. The Balaban J connectivity index is 1.29. The molecule has 0 unspecified atom stereocenters. The van der Waals surface area contributed by atoms with E-state index in [1.165, 1.54) is 6.20 Å². The fraction of sp³-hybridized carbons (Fsp3) is 0.267. The van der Waals surface area contributed by atoms with Gasteiger partial charge in [-0.25, -0.2) is 19.6 Å². The molecule has 3 amide bonds. The third-order valence-corrected chi connectivity index (χ3v) is 9.76. The predicted molar refractivity (Wildman–Crippen MR) is 240 cm³/mol. The predicted octanol–water partition coefficient (Wildman–Crippen LogP) is 8.73. The van der Waals surface area contributed by atoms with E-state index in [4.69, 9.17) is 31.1 Å². The van der Waals surface area contributed by atoms with Crippen LogP contribution in [0.5, 0.6) is 11.6 Å². The molecule has 5 aromatic rings. The molecule has 0 aliphatic rings. The van der Waals surface area contributed by atoms with E-state index in [9.17, 15) is 14.2 Å². The SMILES string of the molecule is C#Cc1cc(Nc2nccc(Oc3ccc(NC(=O)N/C(=C/C(=N)C(C)(C)C)Nc4cccc(CP(C)(C)=O)c4)c4ccccc34)n2)cc(C(=O)NCCOOCCOC)c1. The lowest BCUT2D eigenvalue weighted by Crippen LogP contribution is -2.32. The van der Waals surface area contributed by atoms with Crippen molar-refractivity contribution in [3.63, 3.8) is 0 Å². The van der Waals surface area contributed by atoms with Gasteiger partial charge in [-0.05, 0) is 61.4 Å². The standard InChI is InChI=1S/C45H51N8O7P/c1-8-30-24-32(42(54)47-20-21-58-59-23-22-57-5)27-34(25-30)50-43-48-19-18-41(53-43)60-38-17-16-37(35-14-9-10-15-36(35)38)51-44(55)52-40(28-39(46)45(2,3)4)49-33-13-11-12-31(26-33)29-61(6,7)56/h1,9-19,24-28,46,49H,20-23,29H2,2-7H3,(H,47,54)(H,48,50,53)(H2,51,52,55)/b40-28+,46-39?. The molecule has 0 aliphatic carbocycles. The molecule has 0 spiro atoms. The summed E-state index contributed by atoms with van der Waals surface area (Å²) < 4.78 is 23.7. The van der Waals surface area contributed by atoms with E-state index in [-0.39, 0.29) is 37.5 Å². The van der Waals surface area contributed by atoms with Crippen molar-refractivity contribution in [1.29, 1.82) is 5.41 Å². The van der Waals surface area contributed by atoms with Crippen molar-refractivity contribution in [2.24, 2.45) is 5.41 Å². The van der Waals surface area contributed by atoms with Gasteiger partial charge in [-0.1, -0.05) is 63.1 Å². The van der Waals surface area contributed by atoms with Gasteiger partial charge < -0.3 is 40.7 Å². The van der Waals surface area contributed by atoms with Crippen molar-refractivity contribution in [1.82, 2.24) is 20.6 Å². The van der Waals surface area contributed by atoms with Gasteiger partial charge in [0.1, 0.15) is 18.2 Å². The summed E-state index contributed by atoms with van der Waals surface area (Å²) in [5.41, 5.74) is 3.16. The first-order valence-corrected chi connectivity index (χ1v) is 22.1. The summed E-state index contributed by atoms with van der Waals surface area (Å²) >= 11 is 0. The maximum atomic E-state index is 13.6. The number of aromatic nitrogens is 2. The number of ether oxygens (including phenoxy) is 2. The van der Waals surface area contributed by atoms with Crippen LogP contribution >= 0.6 is 7.14 Å². The Labute approximate surface area is 355 Å². The first kappa shape index (κ1) is 45.5. The Bertz CT molecular complexity index is 2490. The highest BCUT2D eigenvalue weighted by molar-refractivity contribution is 7.61. The highest BCUT2D eigenvalue weighted by Crippen LogP contribution is 2.40. The number of nitrogens with zero attached hydrogens (tertiary/aromatic N) is 2. The molecule has 4 aromatic carbocycles. The molecule has 0 fully saturated rings. The highest BCUT2D eigenvalue weighted by Gasteiger charge is 2.19. The first-order valence-electron chi connectivity index (χ1n) is 19.3. The van der Waals surface area contributed by atoms with E-state index in [0.717, 1.165) is 5.56 Å². The molecule has 0 radical (unpaired) electrons. The van der Waals surface area contributed by atoms with Crippen molar-refractivity contribution in [3.05, 3.63) is 120 Å². The fourth-order valence-corrected chi connectivity index (χ4v) is 6.79. The lowest BCUT2D eigenvalue weighted by Gasteiger charge is -2.20. The van der Waals surface area contributed by atoms with E-state index in [2.05, 4.69) is 42.5 Å². The molecule has 6 N–H and O–H groups in total. The van der Waals surface area contributed by atoms with Crippen molar-refractivity contribution >= 4 is 58.6 Å². The minimum absolute atomic E-state index is 0.142. The number of benzene rings is 4. The number of hydrogen-bond donors (Lipinski definition) is 6. The highest BCUT2D eigenvalue weighted by atomic mass is 31.2. The van der Waals surface area contributed by atoms with Crippen LogP contribution in [0.25, 0.3) is 10.8 Å². The minimum Gasteiger partial charge on any atom is -0.438 e. The van der Waals surface area contributed by atoms with Gasteiger partial charge in [-0.3, -0.25) is 10.1 Å². The number of carbonyl (C=O) groups is 2. The fourth-order valence-electron chi connectivity index (χ4n) is 5.71. The van der Waals surface area contributed by atoms with Crippen LogP contribution < -0.4 is 31.3 Å². The lowest BCUT2D eigenvalue weighted by atomic mass is 9.90. The normalized spacial score (nSPS) is 11.7. The smallest absolute Gasteiger partial charge is 0.324 e. The van der Waals surface area contributed by atoms with Gasteiger partial charge >= 0.3 is 6.03 Å². The van der Waals surface area contributed by atoms with Crippen LogP contribution in [-0.4, -0.2) is 74.4 Å². The lowest BCUT2D eigenvalue weighted by molar-refractivity contribution is -0.296. The summed E-state index contributed by atoms with van der Waals surface area (Å²) in [5, 5.41) is 25.0. The van der Waals surface area contributed by atoms with E-state index in [1.54, 1.807) is 62.9 Å². The van der Waals surface area contributed by atoms with Gasteiger partial charge in [0.2, 0.25) is 11.8 Å². The number of rotatable bonds is 19. The van der Waals surface area contributed by atoms with Gasteiger partial charge in [-0.2, -0.15) is 4.98 Å². The summed E-state index contributed by atoms with van der Waals surface area (Å²) in [6.45, 7) is 10.2. The van der Waals surface area contributed by atoms with Gasteiger partial charge in [0.25, 0.3) is 5.91 Å². The Morgan fingerprint density at radius 1 is 0.902 bits per heavy atom. The van der Waals surface area contributed by atoms with Crippen LogP contribution in [0.15, 0.2) is 103 Å². The molecular formula is C45H51N8O7P. The molecule has 0 aliphatic heterocycles. The molecule has 318 valence electrons. The molecule has 61 heavy (non-hydrogen) atoms. The van der Waals surface area contributed by atoms with Crippen molar-refractivity contribution < 1.29 is 33.4 Å². The number of urea groups is 1. The third-order valence-electron chi connectivity index (χ3n) is 8.63. The quantitative estimate of drug-likeness (QED) is 0.0116. The Kier molecular flexibility index (Phi) is 15.8. The number of nitrogens with one attached hydrogen (secondary N) is 6. The Morgan fingerprint density at radius 3 is 2.41 bits per heavy atom. The van der Waals surface area contributed by atoms with Crippen molar-refractivity contribution in [2.75, 3.05) is 62.8 Å². The first-order chi connectivity index (χ1) is 29.1. The molecule has 15 nitrogen and oxygen atoms in total. The summed E-state index contributed by atoms with van der Waals surface area (Å²) in [5.74, 6) is 3.39. The van der Waals surface area contributed by atoms with Gasteiger partial charge in [0.05, 0.1) is 26.0 Å². The molecular weight excluding hydrogens is 796 g/mol. The number of methoxy groups -OCH3 is 1. The second-order valence-corrected chi connectivity index (χ2v) is 18.8.